The summed E-state index contributed by atoms with van der Waals surface area (Å²) in [6, 6.07) is 13.1. The van der Waals surface area contributed by atoms with E-state index in [1.807, 2.05) is 36.4 Å². The minimum absolute atomic E-state index is 0.0216. The van der Waals surface area contributed by atoms with Crippen LogP contribution in [0, 0.1) is 0 Å². The molecule has 0 saturated heterocycles. The van der Waals surface area contributed by atoms with E-state index in [0.717, 1.165) is 47.8 Å². The number of nitrogens with zero attached hydrogens (tertiary/aromatic N) is 2. The van der Waals surface area contributed by atoms with Gasteiger partial charge in [0.1, 0.15) is 0 Å². The number of aromatic nitrogens is 2. The van der Waals surface area contributed by atoms with E-state index >= 15 is 0 Å². The van der Waals surface area contributed by atoms with Crippen LogP contribution in [0.2, 0.25) is 0 Å². The Morgan fingerprint density at radius 1 is 0.690 bits per heavy atom. The van der Waals surface area contributed by atoms with Crippen molar-refractivity contribution in [3.8, 4) is 0 Å². The fourth-order valence-corrected chi connectivity index (χ4v) is 6.70. The second-order valence-corrected chi connectivity index (χ2v) is 12.3. The molecule has 6 rings (SSSR count). The zero-order valence-corrected chi connectivity index (χ0v) is 26.0. The summed E-state index contributed by atoms with van der Waals surface area (Å²) in [6.07, 6.45) is 9.13. The van der Waals surface area contributed by atoms with Crippen LogP contribution < -0.4 is 10.6 Å². The number of rotatable bonds is 4. The van der Waals surface area contributed by atoms with Crippen LogP contribution in [0.1, 0.15) is 68.9 Å². The van der Waals surface area contributed by atoms with Gasteiger partial charge in [-0.3, -0.25) is 9.59 Å². The average Bonchev–Trinajstić information content (AvgIpc) is 3.31. The van der Waals surface area contributed by atoms with E-state index in [-0.39, 0.29) is 11.8 Å². The predicted octanol–water partition coefficient (Wildman–Crippen LogP) is 4.67. The van der Waals surface area contributed by atoms with Crippen molar-refractivity contribution in [1.82, 2.24) is 30.4 Å². The third-order valence-corrected chi connectivity index (χ3v) is 9.29. The van der Waals surface area contributed by atoms with Crippen molar-refractivity contribution in [3.05, 3.63) is 70.0 Å². The van der Waals surface area contributed by atoms with E-state index in [2.05, 4.69) is 58.6 Å². The monoisotopic (exact) mass is 570 g/mol. The van der Waals surface area contributed by atoms with Gasteiger partial charge in [0.2, 0.25) is 0 Å². The molecule has 2 amide bonds. The normalized spacial score (nSPS) is 18.6. The fourth-order valence-electron chi connectivity index (χ4n) is 6.70. The summed E-state index contributed by atoms with van der Waals surface area (Å²) in [5.41, 5.74) is 9.26. The Kier molecular flexibility index (Phi) is 9.04. The van der Waals surface area contributed by atoms with Crippen LogP contribution in [0.4, 0.5) is 0 Å². The van der Waals surface area contributed by atoms with Gasteiger partial charge in [-0.05, 0) is 127 Å². The summed E-state index contributed by atoms with van der Waals surface area (Å²) in [5, 5.41) is 7.82. The molecule has 2 atom stereocenters. The van der Waals surface area contributed by atoms with Crippen LogP contribution in [-0.4, -0.2) is 86.0 Å². The van der Waals surface area contributed by atoms with E-state index in [4.69, 9.17) is 0 Å². The van der Waals surface area contributed by atoms with Crippen molar-refractivity contribution in [1.29, 1.82) is 0 Å². The van der Waals surface area contributed by atoms with Crippen LogP contribution in [0.15, 0.2) is 36.4 Å². The zero-order valence-electron chi connectivity index (χ0n) is 26.0. The third-order valence-electron chi connectivity index (χ3n) is 9.29. The van der Waals surface area contributed by atoms with Crippen LogP contribution in [-0.2, 0) is 25.7 Å². The number of nitrogens with one attached hydrogen (secondary N) is 4. The van der Waals surface area contributed by atoms with E-state index in [1.165, 1.54) is 59.0 Å². The first kappa shape index (κ1) is 29.9. The Morgan fingerprint density at radius 3 is 1.76 bits per heavy atom. The van der Waals surface area contributed by atoms with E-state index < -0.39 is 0 Å². The minimum atomic E-state index is -0.0235. The number of hydrogen-bond acceptors (Lipinski definition) is 4. The Labute approximate surface area is 249 Å². The van der Waals surface area contributed by atoms with Crippen molar-refractivity contribution in [2.45, 2.75) is 63.5 Å². The van der Waals surface area contributed by atoms with Gasteiger partial charge in [0.25, 0.3) is 11.8 Å². The number of hydrogen-bond donors (Lipinski definition) is 4. The first-order valence-electron chi connectivity index (χ1n) is 15.2. The van der Waals surface area contributed by atoms with Crippen molar-refractivity contribution >= 4 is 33.6 Å². The van der Waals surface area contributed by atoms with Crippen molar-refractivity contribution < 1.29 is 9.59 Å². The van der Waals surface area contributed by atoms with Gasteiger partial charge in [-0.25, -0.2) is 0 Å². The molecule has 8 heteroatoms. The summed E-state index contributed by atoms with van der Waals surface area (Å²) in [4.78, 5) is 35.4. The van der Waals surface area contributed by atoms with Gasteiger partial charge in [0.15, 0.2) is 0 Å². The quantitative estimate of drug-likeness (QED) is 0.268. The summed E-state index contributed by atoms with van der Waals surface area (Å²) in [5.74, 6) is -0.0451. The van der Waals surface area contributed by atoms with E-state index in [9.17, 15) is 9.59 Å². The second-order valence-electron chi connectivity index (χ2n) is 12.3. The maximum Gasteiger partial charge on any atom is 0.251 e. The van der Waals surface area contributed by atoms with Gasteiger partial charge in [0, 0.05) is 70.5 Å². The van der Waals surface area contributed by atoms with Gasteiger partial charge >= 0.3 is 0 Å². The Hall–Kier alpha value is -3.62. The first-order valence-corrected chi connectivity index (χ1v) is 15.2. The lowest BCUT2D eigenvalue weighted by Crippen LogP contribution is -2.29. The highest BCUT2D eigenvalue weighted by molar-refractivity contribution is 5.99. The molecule has 2 heterocycles. The molecule has 4 N–H and O–H groups in total. The molecule has 8 nitrogen and oxygen atoms in total. The molecule has 0 fully saturated rings. The number of likely N-dealkylation sites (N-methyl/N-ethyl adjacent to an activating group) is 1. The van der Waals surface area contributed by atoms with Crippen molar-refractivity contribution in [2.75, 3.05) is 42.3 Å². The largest absolute Gasteiger partial charge is 0.358 e. The number of aryl methyl sites for hydroxylation is 3. The Morgan fingerprint density at radius 2 is 1.21 bits per heavy atom. The molecule has 42 heavy (non-hydrogen) atoms. The first-order chi connectivity index (χ1) is 20.2. The SMILES string of the molecule is CNC(=O)c1ccc2[nH]c3c(c2c1)CC(N(C)C)CCC3.CNC(=O)c1ccc2[nH]c3c(c2c1)CCC(N(C)C)CC3. The molecular formula is C34H46N6O2. The van der Waals surface area contributed by atoms with Crippen LogP contribution in [0.3, 0.4) is 0 Å². The highest BCUT2D eigenvalue weighted by Crippen LogP contribution is 2.31. The summed E-state index contributed by atoms with van der Waals surface area (Å²) >= 11 is 0. The third kappa shape index (κ3) is 6.10. The lowest BCUT2D eigenvalue weighted by Gasteiger charge is -2.22. The molecule has 0 saturated carbocycles. The van der Waals surface area contributed by atoms with Gasteiger partial charge in [-0.1, -0.05) is 0 Å². The maximum atomic E-state index is 11.9. The molecule has 0 spiro atoms. The topological polar surface area (TPSA) is 96.3 Å². The smallest absolute Gasteiger partial charge is 0.251 e. The molecule has 0 bridgehead atoms. The standard InChI is InChI=1S/2C17H23N3O/c1-18-17(21)11-4-8-16-14(10-11)13-7-5-12(20(2)3)6-9-15(13)19-16;1-18-17(21)11-7-8-16-13(9-11)14-10-12(20(2)3)5-4-6-15(14)19-16/h4,8,10,12,19H,5-7,9H2,1-3H3,(H,18,21);7-9,12,19H,4-6,10H2,1-3H3,(H,18,21). The fraction of sp³-hybridized carbons (Fsp3) is 0.471. The van der Waals surface area contributed by atoms with Crippen LogP contribution >= 0.6 is 0 Å². The lowest BCUT2D eigenvalue weighted by atomic mass is 10.0. The Balaban J connectivity index is 0.000000168. The zero-order chi connectivity index (χ0) is 30.0. The van der Waals surface area contributed by atoms with Gasteiger partial charge < -0.3 is 30.4 Å². The molecule has 2 aliphatic rings. The number of fused-ring (bicyclic) bond motifs is 6. The number of carbonyl (C=O) groups is 2. The number of aromatic amines is 2. The van der Waals surface area contributed by atoms with Gasteiger partial charge in [-0.2, -0.15) is 0 Å². The molecule has 0 radical (unpaired) electrons. The van der Waals surface area contributed by atoms with E-state index in [0.29, 0.717) is 12.1 Å². The lowest BCUT2D eigenvalue weighted by molar-refractivity contribution is 0.0955. The molecule has 2 aliphatic carbocycles. The molecule has 2 aromatic heterocycles. The van der Waals surface area contributed by atoms with Crippen molar-refractivity contribution in [2.24, 2.45) is 0 Å². The number of carbonyl (C=O) groups excluding carboxylic acids is 2. The molecule has 2 unspecified atom stereocenters. The Bertz CT molecular complexity index is 1580. The van der Waals surface area contributed by atoms with Gasteiger partial charge in [0.05, 0.1) is 0 Å². The minimum Gasteiger partial charge on any atom is -0.358 e. The highest BCUT2D eigenvalue weighted by atomic mass is 16.2. The summed E-state index contributed by atoms with van der Waals surface area (Å²) in [7, 11) is 12.0. The average molecular weight is 571 g/mol. The highest BCUT2D eigenvalue weighted by Gasteiger charge is 2.23. The molecule has 0 aliphatic heterocycles. The van der Waals surface area contributed by atoms with Gasteiger partial charge in [-0.15, -0.1) is 0 Å². The number of amides is 2. The second kappa shape index (κ2) is 12.7. The van der Waals surface area contributed by atoms with Crippen LogP contribution in [0.25, 0.3) is 21.8 Å². The number of H-pyrrole nitrogens is 2. The van der Waals surface area contributed by atoms with Crippen molar-refractivity contribution in [3.63, 3.8) is 0 Å². The molecule has 2 aromatic carbocycles. The van der Waals surface area contributed by atoms with E-state index in [1.54, 1.807) is 14.1 Å². The predicted molar refractivity (Wildman–Crippen MR) is 172 cm³/mol. The summed E-state index contributed by atoms with van der Waals surface area (Å²) in [6.45, 7) is 0. The molecule has 224 valence electrons. The summed E-state index contributed by atoms with van der Waals surface area (Å²) < 4.78 is 0. The molecule has 4 aromatic rings. The molecular weight excluding hydrogens is 524 g/mol. The van der Waals surface area contributed by atoms with Crippen LogP contribution in [0.5, 0.6) is 0 Å². The maximum absolute atomic E-state index is 11.9. The number of benzene rings is 2.